The molecule has 1 aromatic heterocycles. The van der Waals surface area contributed by atoms with Gasteiger partial charge in [-0.05, 0) is 26.7 Å². The maximum Gasteiger partial charge on any atom is 0.340 e. The molecule has 1 amide bonds. The molecule has 7 heteroatoms. The minimum Gasteiger partial charge on any atom is -0.478 e. The van der Waals surface area contributed by atoms with Crippen LogP contribution in [0, 0.1) is 13.8 Å². The summed E-state index contributed by atoms with van der Waals surface area (Å²) in [5.41, 5.74) is 0.507. The molecule has 0 atom stereocenters. The van der Waals surface area contributed by atoms with Crippen LogP contribution in [0.4, 0.5) is 0 Å². The van der Waals surface area contributed by atoms with Crippen LogP contribution in [0.2, 0.25) is 0 Å². The number of aromatic nitrogens is 2. The van der Waals surface area contributed by atoms with Crippen LogP contribution in [0.15, 0.2) is 5.03 Å². The number of carbonyl (C=O) groups excluding carboxylic acids is 1. The van der Waals surface area contributed by atoms with Gasteiger partial charge in [0.2, 0.25) is 5.91 Å². The Morgan fingerprint density at radius 2 is 1.95 bits per heavy atom. The highest BCUT2D eigenvalue weighted by atomic mass is 32.2. The zero-order valence-corrected chi connectivity index (χ0v) is 13.0. The number of carboxylic acid groups (broad SMARTS) is 1. The number of aromatic carboxylic acids is 1. The molecule has 0 radical (unpaired) electrons. The van der Waals surface area contributed by atoms with Crippen molar-refractivity contribution >= 4 is 23.6 Å². The zero-order chi connectivity index (χ0) is 15.4. The first-order valence-electron chi connectivity index (χ1n) is 6.98. The smallest absolute Gasteiger partial charge is 0.340 e. The van der Waals surface area contributed by atoms with E-state index in [2.05, 4.69) is 15.3 Å². The Morgan fingerprint density at radius 1 is 1.29 bits per heavy atom. The second kappa shape index (κ2) is 6.89. The van der Waals surface area contributed by atoms with E-state index in [4.69, 9.17) is 0 Å². The SMILES string of the molecule is Cc1nc(C)c(C(=O)O)c(SCC(=O)NC2CCCC2)n1. The average Bonchev–Trinajstić information content (AvgIpc) is 2.87. The lowest BCUT2D eigenvalue weighted by molar-refractivity contribution is -0.119. The van der Waals surface area contributed by atoms with E-state index in [1.54, 1.807) is 13.8 Å². The maximum atomic E-state index is 11.9. The fourth-order valence-electron chi connectivity index (χ4n) is 2.51. The molecule has 114 valence electrons. The van der Waals surface area contributed by atoms with Gasteiger partial charge in [-0.15, -0.1) is 0 Å². The van der Waals surface area contributed by atoms with Gasteiger partial charge in [0.15, 0.2) is 0 Å². The third-order valence-electron chi connectivity index (χ3n) is 3.44. The van der Waals surface area contributed by atoms with Gasteiger partial charge in [-0.1, -0.05) is 24.6 Å². The van der Waals surface area contributed by atoms with Crippen molar-refractivity contribution in [1.82, 2.24) is 15.3 Å². The van der Waals surface area contributed by atoms with Crippen LogP contribution in [0.3, 0.4) is 0 Å². The molecule has 6 nitrogen and oxygen atoms in total. The largest absolute Gasteiger partial charge is 0.478 e. The summed E-state index contributed by atoms with van der Waals surface area (Å²) in [6, 6.07) is 0.269. The Morgan fingerprint density at radius 3 is 2.57 bits per heavy atom. The quantitative estimate of drug-likeness (QED) is 0.638. The fraction of sp³-hybridized carbons (Fsp3) is 0.571. The molecule has 1 fully saturated rings. The number of amides is 1. The Kier molecular flexibility index (Phi) is 5.17. The van der Waals surface area contributed by atoms with E-state index in [9.17, 15) is 14.7 Å². The van der Waals surface area contributed by atoms with Gasteiger partial charge in [-0.3, -0.25) is 4.79 Å². The van der Waals surface area contributed by atoms with E-state index < -0.39 is 5.97 Å². The van der Waals surface area contributed by atoms with Gasteiger partial charge >= 0.3 is 5.97 Å². The molecule has 2 rings (SSSR count). The molecule has 1 aromatic rings. The Bertz CT molecular complexity index is 557. The molecule has 2 N–H and O–H groups in total. The van der Waals surface area contributed by atoms with Crippen LogP contribution in [0.1, 0.15) is 47.6 Å². The molecular formula is C14H19N3O3S. The van der Waals surface area contributed by atoms with Gasteiger partial charge in [0.05, 0.1) is 11.4 Å². The Balaban J connectivity index is 2.01. The summed E-state index contributed by atoms with van der Waals surface area (Å²) < 4.78 is 0. The van der Waals surface area contributed by atoms with Crippen molar-refractivity contribution in [3.05, 3.63) is 17.1 Å². The molecule has 1 heterocycles. The molecule has 21 heavy (non-hydrogen) atoms. The summed E-state index contributed by atoms with van der Waals surface area (Å²) in [6.07, 6.45) is 4.38. The molecule has 1 aliphatic carbocycles. The predicted molar refractivity (Wildman–Crippen MR) is 79.6 cm³/mol. The summed E-state index contributed by atoms with van der Waals surface area (Å²) in [5.74, 6) is -0.452. The topological polar surface area (TPSA) is 92.2 Å². The minimum absolute atomic E-state index is 0.0721. The normalized spacial score (nSPS) is 15.1. The summed E-state index contributed by atoms with van der Waals surface area (Å²) in [7, 11) is 0. The van der Waals surface area contributed by atoms with Crippen molar-refractivity contribution in [3.63, 3.8) is 0 Å². The van der Waals surface area contributed by atoms with Gasteiger partial charge in [-0.2, -0.15) is 0 Å². The van der Waals surface area contributed by atoms with Crippen molar-refractivity contribution in [2.75, 3.05) is 5.75 Å². The van der Waals surface area contributed by atoms with E-state index in [-0.39, 0.29) is 23.3 Å². The number of nitrogens with zero attached hydrogens (tertiary/aromatic N) is 2. The molecule has 0 aliphatic heterocycles. The highest BCUT2D eigenvalue weighted by Crippen LogP contribution is 2.23. The van der Waals surface area contributed by atoms with Crippen LogP contribution >= 0.6 is 11.8 Å². The Hall–Kier alpha value is -1.63. The Labute approximate surface area is 127 Å². The number of carbonyl (C=O) groups is 2. The fourth-order valence-corrected chi connectivity index (χ4v) is 3.43. The second-order valence-corrected chi connectivity index (χ2v) is 6.14. The lowest BCUT2D eigenvalue weighted by Crippen LogP contribution is -2.33. The number of hydrogen-bond acceptors (Lipinski definition) is 5. The minimum atomic E-state index is -1.06. The average molecular weight is 309 g/mol. The number of nitrogens with one attached hydrogen (secondary N) is 1. The second-order valence-electron chi connectivity index (χ2n) is 5.18. The monoisotopic (exact) mass is 309 g/mol. The van der Waals surface area contributed by atoms with E-state index in [0.717, 1.165) is 37.4 Å². The molecule has 0 saturated heterocycles. The van der Waals surface area contributed by atoms with Crippen LogP contribution < -0.4 is 5.32 Å². The van der Waals surface area contributed by atoms with Gasteiger partial charge in [0.25, 0.3) is 0 Å². The molecular weight excluding hydrogens is 290 g/mol. The molecule has 0 spiro atoms. The van der Waals surface area contributed by atoms with Crippen LogP contribution in [0.5, 0.6) is 0 Å². The van der Waals surface area contributed by atoms with E-state index in [1.165, 1.54) is 0 Å². The molecule has 0 aromatic carbocycles. The summed E-state index contributed by atoms with van der Waals surface area (Å²) >= 11 is 1.15. The summed E-state index contributed by atoms with van der Waals surface area (Å²) in [6.45, 7) is 3.35. The van der Waals surface area contributed by atoms with Crippen molar-refractivity contribution in [3.8, 4) is 0 Å². The number of rotatable bonds is 5. The molecule has 0 bridgehead atoms. The summed E-state index contributed by atoms with van der Waals surface area (Å²) in [4.78, 5) is 31.4. The van der Waals surface area contributed by atoms with Crippen molar-refractivity contribution in [1.29, 1.82) is 0 Å². The third-order valence-corrected chi connectivity index (χ3v) is 4.42. The zero-order valence-electron chi connectivity index (χ0n) is 12.2. The van der Waals surface area contributed by atoms with Gasteiger partial charge in [-0.25, -0.2) is 14.8 Å². The van der Waals surface area contributed by atoms with Crippen molar-refractivity contribution < 1.29 is 14.7 Å². The number of carboxylic acids is 1. The van der Waals surface area contributed by atoms with Crippen LogP contribution in [0.25, 0.3) is 0 Å². The number of thioether (sulfide) groups is 1. The van der Waals surface area contributed by atoms with Gasteiger partial charge < -0.3 is 10.4 Å². The lowest BCUT2D eigenvalue weighted by Gasteiger charge is -2.12. The van der Waals surface area contributed by atoms with Crippen molar-refractivity contribution in [2.24, 2.45) is 0 Å². The maximum absolute atomic E-state index is 11.9. The highest BCUT2D eigenvalue weighted by Gasteiger charge is 2.20. The van der Waals surface area contributed by atoms with Gasteiger partial charge in [0, 0.05) is 6.04 Å². The van der Waals surface area contributed by atoms with Crippen molar-refractivity contribution in [2.45, 2.75) is 50.6 Å². The number of hydrogen-bond donors (Lipinski definition) is 2. The first kappa shape index (κ1) is 15.8. The van der Waals surface area contributed by atoms with E-state index in [1.807, 2.05) is 0 Å². The third kappa shape index (κ3) is 4.17. The van der Waals surface area contributed by atoms with E-state index >= 15 is 0 Å². The molecule has 0 unspecified atom stereocenters. The number of aryl methyl sites for hydroxylation is 2. The predicted octanol–water partition coefficient (Wildman–Crippen LogP) is 1.94. The molecule has 1 aliphatic rings. The molecule has 1 saturated carbocycles. The van der Waals surface area contributed by atoms with Crippen LogP contribution in [-0.4, -0.2) is 38.7 Å². The first-order chi connectivity index (χ1) is 9.97. The standard InChI is InChI=1S/C14H19N3O3S/c1-8-12(14(19)20)13(16-9(2)15-8)21-7-11(18)17-10-5-3-4-6-10/h10H,3-7H2,1-2H3,(H,17,18)(H,19,20). The summed E-state index contributed by atoms with van der Waals surface area (Å²) in [5, 5.41) is 12.6. The van der Waals surface area contributed by atoms with Crippen LogP contribution in [-0.2, 0) is 4.79 Å². The van der Waals surface area contributed by atoms with Gasteiger partial charge in [0.1, 0.15) is 16.4 Å². The van der Waals surface area contributed by atoms with E-state index in [0.29, 0.717) is 16.5 Å². The highest BCUT2D eigenvalue weighted by molar-refractivity contribution is 8.00. The lowest BCUT2D eigenvalue weighted by atomic mass is 10.2. The first-order valence-corrected chi connectivity index (χ1v) is 7.96.